The summed E-state index contributed by atoms with van der Waals surface area (Å²) in [6.07, 6.45) is 1.30. The average Bonchev–Trinajstić information content (AvgIpc) is 2.03. The summed E-state index contributed by atoms with van der Waals surface area (Å²) in [4.78, 5) is 12.7. The highest BCUT2D eigenvalue weighted by Gasteiger charge is 2.18. The molecular weight excluding hydrogens is 166 g/mol. The molecule has 0 aliphatic rings. The Kier molecular flexibility index (Phi) is 5.71. The van der Waals surface area contributed by atoms with E-state index in [4.69, 9.17) is 5.11 Å². The lowest BCUT2D eigenvalue weighted by Gasteiger charge is -2.32. The molecule has 0 saturated heterocycles. The minimum atomic E-state index is -0.714. The molecule has 0 aliphatic carbocycles. The van der Waals surface area contributed by atoms with E-state index in [1.807, 2.05) is 6.92 Å². The predicted octanol–water partition coefficient (Wildman–Crippen LogP) is 1.97. The zero-order valence-corrected chi connectivity index (χ0v) is 9.08. The maximum absolute atomic E-state index is 10.5. The van der Waals surface area contributed by atoms with Crippen molar-refractivity contribution in [2.45, 2.75) is 52.6 Å². The van der Waals surface area contributed by atoms with Gasteiger partial charge in [0.2, 0.25) is 0 Å². The SMILES string of the molecule is CCC(C)N(CC)C(C)CC(=O)O. The zero-order valence-electron chi connectivity index (χ0n) is 9.08. The normalized spacial score (nSPS) is 15.8. The van der Waals surface area contributed by atoms with Crippen molar-refractivity contribution < 1.29 is 9.90 Å². The van der Waals surface area contributed by atoms with Crippen molar-refractivity contribution in [3.05, 3.63) is 0 Å². The first-order valence-corrected chi connectivity index (χ1v) is 5.00. The zero-order chi connectivity index (χ0) is 10.4. The minimum absolute atomic E-state index is 0.137. The first-order chi connectivity index (χ1) is 6.02. The van der Waals surface area contributed by atoms with Crippen molar-refractivity contribution in [3.8, 4) is 0 Å². The second-order valence-corrected chi connectivity index (χ2v) is 3.53. The first kappa shape index (κ1) is 12.4. The van der Waals surface area contributed by atoms with E-state index in [0.29, 0.717) is 6.04 Å². The molecule has 13 heavy (non-hydrogen) atoms. The Balaban J connectivity index is 4.13. The maximum atomic E-state index is 10.5. The van der Waals surface area contributed by atoms with E-state index in [1.165, 1.54) is 0 Å². The van der Waals surface area contributed by atoms with Crippen molar-refractivity contribution in [1.29, 1.82) is 0 Å². The summed E-state index contributed by atoms with van der Waals surface area (Å²) in [5, 5.41) is 8.66. The highest BCUT2D eigenvalue weighted by atomic mass is 16.4. The largest absolute Gasteiger partial charge is 0.481 e. The van der Waals surface area contributed by atoms with Crippen LogP contribution in [0, 0.1) is 0 Å². The fourth-order valence-corrected chi connectivity index (χ4v) is 1.66. The van der Waals surface area contributed by atoms with Crippen molar-refractivity contribution in [3.63, 3.8) is 0 Å². The number of carbonyl (C=O) groups is 1. The molecule has 2 atom stereocenters. The molecule has 0 spiro atoms. The van der Waals surface area contributed by atoms with Crippen LogP contribution in [-0.4, -0.2) is 34.6 Å². The smallest absolute Gasteiger partial charge is 0.304 e. The van der Waals surface area contributed by atoms with Crippen molar-refractivity contribution in [1.82, 2.24) is 4.90 Å². The predicted molar refractivity (Wildman–Crippen MR) is 53.8 cm³/mol. The highest BCUT2D eigenvalue weighted by Crippen LogP contribution is 2.10. The van der Waals surface area contributed by atoms with E-state index in [2.05, 4.69) is 25.7 Å². The van der Waals surface area contributed by atoms with Crippen LogP contribution >= 0.6 is 0 Å². The Morgan fingerprint density at radius 2 is 1.85 bits per heavy atom. The van der Waals surface area contributed by atoms with Crippen LogP contribution < -0.4 is 0 Å². The Hall–Kier alpha value is -0.570. The summed E-state index contributed by atoms with van der Waals surface area (Å²) in [5.74, 6) is -0.714. The second-order valence-electron chi connectivity index (χ2n) is 3.53. The van der Waals surface area contributed by atoms with Gasteiger partial charge in [0.25, 0.3) is 0 Å². The second kappa shape index (κ2) is 5.97. The minimum Gasteiger partial charge on any atom is -0.481 e. The molecule has 0 aromatic rings. The molecule has 2 unspecified atom stereocenters. The third kappa shape index (κ3) is 4.27. The maximum Gasteiger partial charge on any atom is 0.304 e. The molecule has 0 amide bonds. The highest BCUT2D eigenvalue weighted by molar-refractivity contribution is 5.67. The molecule has 0 fully saturated rings. The molecule has 3 heteroatoms. The molecule has 0 rings (SSSR count). The van der Waals surface area contributed by atoms with Crippen LogP contribution in [0.5, 0.6) is 0 Å². The van der Waals surface area contributed by atoms with Crippen LogP contribution in [0.4, 0.5) is 0 Å². The van der Waals surface area contributed by atoms with Crippen molar-refractivity contribution in [2.24, 2.45) is 0 Å². The molecule has 0 heterocycles. The molecule has 1 N–H and O–H groups in total. The van der Waals surface area contributed by atoms with Crippen LogP contribution in [0.15, 0.2) is 0 Å². The number of carboxylic acids is 1. The van der Waals surface area contributed by atoms with Gasteiger partial charge in [0.1, 0.15) is 0 Å². The molecule has 0 radical (unpaired) electrons. The molecule has 3 nitrogen and oxygen atoms in total. The molecule has 0 bridgehead atoms. The average molecular weight is 187 g/mol. The van der Waals surface area contributed by atoms with Gasteiger partial charge < -0.3 is 5.11 Å². The summed E-state index contributed by atoms with van der Waals surface area (Å²) >= 11 is 0. The van der Waals surface area contributed by atoms with E-state index < -0.39 is 5.97 Å². The quantitative estimate of drug-likeness (QED) is 0.691. The third-order valence-electron chi connectivity index (χ3n) is 2.56. The Morgan fingerprint density at radius 3 is 2.15 bits per heavy atom. The van der Waals surface area contributed by atoms with Crippen LogP contribution in [0.25, 0.3) is 0 Å². The monoisotopic (exact) mass is 187 g/mol. The molecular formula is C10H21NO2. The van der Waals surface area contributed by atoms with Crippen LogP contribution in [0.2, 0.25) is 0 Å². The summed E-state index contributed by atoms with van der Waals surface area (Å²) < 4.78 is 0. The van der Waals surface area contributed by atoms with E-state index in [-0.39, 0.29) is 12.5 Å². The summed E-state index contributed by atoms with van der Waals surface area (Å²) in [6.45, 7) is 9.24. The standard InChI is InChI=1S/C10H21NO2/c1-5-8(3)11(6-2)9(4)7-10(12)13/h8-9H,5-7H2,1-4H3,(H,12,13). The van der Waals surface area contributed by atoms with E-state index in [0.717, 1.165) is 13.0 Å². The van der Waals surface area contributed by atoms with E-state index in [1.54, 1.807) is 0 Å². The Morgan fingerprint density at radius 1 is 1.31 bits per heavy atom. The van der Waals surface area contributed by atoms with E-state index >= 15 is 0 Å². The van der Waals surface area contributed by atoms with Crippen molar-refractivity contribution in [2.75, 3.05) is 6.54 Å². The number of hydrogen-bond donors (Lipinski definition) is 1. The van der Waals surface area contributed by atoms with E-state index in [9.17, 15) is 4.79 Å². The molecule has 0 aromatic carbocycles. The van der Waals surface area contributed by atoms with Gasteiger partial charge in [-0.15, -0.1) is 0 Å². The van der Waals surface area contributed by atoms with Crippen LogP contribution in [0.1, 0.15) is 40.5 Å². The molecule has 0 saturated carbocycles. The van der Waals surface area contributed by atoms with Gasteiger partial charge in [0.15, 0.2) is 0 Å². The lowest BCUT2D eigenvalue weighted by molar-refractivity contribution is -0.138. The summed E-state index contributed by atoms with van der Waals surface area (Å²) in [7, 11) is 0. The lowest BCUT2D eigenvalue weighted by atomic mass is 10.1. The third-order valence-corrected chi connectivity index (χ3v) is 2.56. The molecule has 0 aromatic heterocycles. The van der Waals surface area contributed by atoms with Gasteiger partial charge in [-0.2, -0.15) is 0 Å². The summed E-state index contributed by atoms with van der Waals surface area (Å²) in [6, 6.07) is 0.608. The fourth-order valence-electron chi connectivity index (χ4n) is 1.66. The molecule has 78 valence electrons. The first-order valence-electron chi connectivity index (χ1n) is 5.00. The fraction of sp³-hybridized carbons (Fsp3) is 0.900. The van der Waals surface area contributed by atoms with Crippen molar-refractivity contribution >= 4 is 5.97 Å². The number of hydrogen-bond acceptors (Lipinski definition) is 2. The van der Waals surface area contributed by atoms with Gasteiger partial charge in [0.05, 0.1) is 6.42 Å². The Bertz CT molecular complexity index is 159. The van der Waals surface area contributed by atoms with Gasteiger partial charge in [-0.05, 0) is 26.8 Å². The number of nitrogens with zero attached hydrogens (tertiary/aromatic N) is 1. The van der Waals surface area contributed by atoms with Gasteiger partial charge in [0, 0.05) is 12.1 Å². The van der Waals surface area contributed by atoms with Gasteiger partial charge >= 0.3 is 5.97 Å². The van der Waals surface area contributed by atoms with Gasteiger partial charge in [-0.3, -0.25) is 9.69 Å². The molecule has 0 aliphatic heterocycles. The van der Waals surface area contributed by atoms with Crippen LogP contribution in [-0.2, 0) is 4.79 Å². The Labute approximate surface area is 80.7 Å². The number of aliphatic carboxylic acids is 1. The topological polar surface area (TPSA) is 40.5 Å². The van der Waals surface area contributed by atoms with Gasteiger partial charge in [-0.1, -0.05) is 13.8 Å². The van der Waals surface area contributed by atoms with Gasteiger partial charge in [-0.25, -0.2) is 0 Å². The lowest BCUT2D eigenvalue weighted by Crippen LogP contribution is -2.40. The number of rotatable bonds is 6. The summed E-state index contributed by atoms with van der Waals surface area (Å²) in [5.41, 5.74) is 0. The van der Waals surface area contributed by atoms with Crippen LogP contribution in [0.3, 0.4) is 0 Å². The number of carboxylic acid groups (broad SMARTS) is 1.